The maximum absolute atomic E-state index is 12.5. The number of aromatic nitrogens is 1. The fraction of sp³-hybridized carbons (Fsp3) is 0.312. The minimum Gasteiger partial charge on any atom is -0.353 e. The molecule has 1 aromatic carbocycles. The molecule has 0 bridgehead atoms. The monoisotopic (exact) mass is 330 g/mol. The summed E-state index contributed by atoms with van der Waals surface area (Å²) in [6, 6.07) is 6.90. The molecule has 3 rings (SSSR count). The average Bonchev–Trinajstić information content (AvgIpc) is 3.09. The van der Waals surface area contributed by atoms with E-state index in [9.17, 15) is 9.59 Å². The number of amides is 3. The van der Waals surface area contributed by atoms with E-state index < -0.39 is 6.04 Å². The molecule has 1 aliphatic heterocycles. The van der Waals surface area contributed by atoms with Gasteiger partial charge >= 0.3 is 6.03 Å². The first-order valence-electron chi connectivity index (χ1n) is 7.54. The smallest absolute Gasteiger partial charge is 0.322 e. The zero-order valence-electron chi connectivity index (χ0n) is 12.8. The van der Waals surface area contributed by atoms with Crippen LogP contribution in [0, 0.1) is 0 Å². The van der Waals surface area contributed by atoms with Crippen LogP contribution in [-0.4, -0.2) is 41.0 Å². The van der Waals surface area contributed by atoms with E-state index in [4.69, 9.17) is 0 Å². The number of hydrogen-bond donors (Lipinski definition) is 2. The summed E-state index contributed by atoms with van der Waals surface area (Å²) < 4.78 is 0. The highest BCUT2D eigenvalue weighted by Crippen LogP contribution is 2.24. The van der Waals surface area contributed by atoms with Crippen LogP contribution >= 0.6 is 11.3 Å². The van der Waals surface area contributed by atoms with Crippen molar-refractivity contribution in [3.63, 3.8) is 0 Å². The molecular formula is C16H18N4O2S. The number of piperazine rings is 1. The molecule has 23 heavy (non-hydrogen) atoms. The van der Waals surface area contributed by atoms with Crippen molar-refractivity contribution < 1.29 is 9.59 Å². The van der Waals surface area contributed by atoms with Crippen molar-refractivity contribution >= 4 is 29.0 Å². The Kier molecular flexibility index (Phi) is 4.57. The van der Waals surface area contributed by atoms with Crippen LogP contribution in [0.2, 0.25) is 0 Å². The number of hydrogen-bond acceptors (Lipinski definition) is 4. The predicted molar refractivity (Wildman–Crippen MR) is 90.4 cm³/mol. The van der Waals surface area contributed by atoms with E-state index in [0.29, 0.717) is 25.2 Å². The molecule has 1 aliphatic rings. The first kappa shape index (κ1) is 15.5. The van der Waals surface area contributed by atoms with Crippen LogP contribution in [0.15, 0.2) is 35.8 Å². The lowest BCUT2D eigenvalue weighted by atomic mass is 10.1. The van der Waals surface area contributed by atoms with Crippen molar-refractivity contribution in [2.75, 3.05) is 18.4 Å². The Labute approximate surface area is 138 Å². The summed E-state index contributed by atoms with van der Waals surface area (Å²) in [5.74, 6) is -0.0922. The van der Waals surface area contributed by atoms with Gasteiger partial charge in [-0.2, -0.15) is 0 Å². The van der Waals surface area contributed by atoms with Gasteiger partial charge in [-0.1, -0.05) is 19.1 Å². The Hall–Kier alpha value is -2.41. The molecule has 6 nitrogen and oxygen atoms in total. The molecule has 2 aromatic rings. The van der Waals surface area contributed by atoms with Gasteiger partial charge in [-0.25, -0.2) is 9.78 Å². The summed E-state index contributed by atoms with van der Waals surface area (Å²) in [5.41, 5.74) is 1.66. The highest BCUT2D eigenvalue weighted by Gasteiger charge is 2.31. The molecule has 1 atom stereocenters. The number of nitrogens with zero attached hydrogens (tertiary/aromatic N) is 2. The second-order valence-corrected chi connectivity index (χ2v) is 6.15. The Morgan fingerprint density at radius 2 is 2.39 bits per heavy atom. The summed E-state index contributed by atoms with van der Waals surface area (Å²) in [6.45, 7) is 2.91. The second-order valence-electron chi connectivity index (χ2n) is 5.26. The molecule has 0 unspecified atom stereocenters. The van der Waals surface area contributed by atoms with Gasteiger partial charge in [0.05, 0.1) is 0 Å². The highest BCUT2D eigenvalue weighted by molar-refractivity contribution is 7.13. The van der Waals surface area contributed by atoms with E-state index in [0.717, 1.165) is 10.6 Å². The molecule has 0 spiro atoms. The molecule has 2 N–H and O–H groups in total. The maximum atomic E-state index is 12.5. The zero-order valence-corrected chi connectivity index (χ0v) is 13.6. The van der Waals surface area contributed by atoms with E-state index in [-0.39, 0.29) is 11.9 Å². The van der Waals surface area contributed by atoms with Gasteiger partial charge in [-0.05, 0) is 18.6 Å². The number of urea groups is 1. The van der Waals surface area contributed by atoms with Gasteiger partial charge in [0, 0.05) is 35.9 Å². The van der Waals surface area contributed by atoms with Gasteiger partial charge in [0.25, 0.3) is 0 Å². The summed E-state index contributed by atoms with van der Waals surface area (Å²) >= 11 is 1.55. The summed E-state index contributed by atoms with van der Waals surface area (Å²) in [5, 5.41) is 8.50. The van der Waals surface area contributed by atoms with Crippen LogP contribution in [-0.2, 0) is 4.79 Å². The standard InChI is InChI=1S/C16H18N4O2S/c1-2-13-14(21)17-6-8-20(13)16(22)19-12-5-3-4-11(10-12)15-18-7-9-23-15/h3-5,7,9-10,13H,2,6,8H2,1H3,(H,17,21)(H,19,22)/t13-/m0/s1. The highest BCUT2D eigenvalue weighted by atomic mass is 32.1. The summed E-state index contributed by atoms with van der Waals surface area (Å²) in [7, 11) is 0. The maximum Gasteiger partial charge on any atom is 0.322 e. The van der Waals surface area contributed by atoms with Crippen molar-refractivity contribution in [2.45, 2.75) is 19.4 Å². The number of nitrogens with one attached hydrogen (secondary N) is 2. The molecule has 120 valence electrons. The number of rotatable bonds is 3. The van der Waals surface area contributed by atoms with Crippen LogP contribution in [0.4, 0.5) is 10.5 Å². The van der Waals surface area contributed by atoms with Crippen LogP contribution in [0.3, 0.4) is 0 Å². The van der Waals surface area contributed by atoms with E-state index in [1.807, 2.05) is 36.6 Å². The normalized spacial score (nSPS) is 17.7. The third-order valence-electron chi connectivity index (χ3n) is 3.77. The van der Waals surface area contributed by atoms with Crippen molar-refractivity contribution in [3.05, 3.63) is 35.8 Å². The quantitative estimate of drug-likeness (QED) is 0.908. The van der Waals surface area contributed by atoms with Crippen LogP contribution in [0.5, 0.6) is 0 Å². The minimum absolute atomic E-state index is 0.0922. The predicted octanol–water partition coefficient (Wildman–Crippen LogP) is 2.55. The number of anilines is 1. The Bertz CT molecular complexity index is 702. The molecule has 0 radical (unpaired) electrons. The Morgan fingerprint density at radius 1 is 1.52 bits per heavy atom. The molecule has 0 aliphatic carbocycles. The number of carbonyl (C=O) groups is 2. The minimum atomic E-state index is -0.411. The topological polar surface area (TPSA) is 74.3 Å². The van der Waals surface area contributed by atoms with Crippen LogP contribution in [0.1, 0.15) is 13.3 Å². The SMILES string of the molecule is CC[C@H]1C(=O)NCCN1C(=O)Nc1cccc(-c2nccs2)c1. The molecule has 1 aromatic heterocycles. The van der Waals surface area contributed by atoms with Gasteiger partial charge in [0.1, 0.15) is 11.0 Å². The van der Waals surface area contributed by atoms with Crippen molar-refractivity contribution in [3.8, 4) is 10.6 Å². The second kappa shape index (κ2) is 6.78. The number of carbonyl (C=O) groups excluding carboxylic acids is 2. The lowest BCUT2D eigenvalue weighted by molar-refractivity contribution is -0.127. The largest absolute Gasteiger partial charge is 0.353 e. The van der Waals surface area contributed by atoms with Gasteiger partial charge < -0.3 is 15.5 Å². The Morgan fingerprint density at radius 3 is 3.13 bits per heavy atom. The summed E-state index contributed by atoms with van der Waals surface area (Å²) in [6.07, 6.45) is 2.35. The molecule has 2 heterocycles. The van der Waals surface area contributed by atoms with E-state index >= 15 is 0 Å². The van der Waals surface area contributed by atoms with Crippen LogP contribution in [0.25, 0.3) is 10.6 Å². The fourth-order valence-electron chi connectivity index (χ4n) is 2.65. The molecule has 7 heteroatoms. The van der Waals surface area contributed by atoms with Gasteiger partial charge in [-0.15, -0.1) is 11.3 Å². The van der Waals surface area contributed by atoms with Crippen LogP contribution < -0.4 is 10.6 Å². The van der Waals surface area contributed by atoms with Crippen molar-refractivity contribution in [1.82, 2.24) is 15.2 Å². The molecule has 1 saturated heterocycles. The average molecular weight is 330 g/mol. The zero-order chi connectivity index (χ0) is 16.2. The molecule has 1 fully saturated rings. The van der Waals surface area contributed by atoms with Crippen molar-refractivity contribution in [2.24, 2.45) is 0 Å². The molecule has 0 saturated carbocycles. The molecular weight excluding hydrogens is 312 g/mol. The molecule has 3 amide bonds. The van der Waals surface area contributed by atoms with Gasteiger partial charge in [-0.3, -0.25) is 4.79 Å². The first-order valence-corrected chi connectivity index (χ1v) is 8.42. The van der Waals surface area contributed by atoms with E-state index in [2.05, 4.69) is 15.6 Å². The first-order chi connectivity index (χ1) is 11.2. The number of thiazole rings is 1. The third-order valence-corrected chi connectivity index (χ3v) is 4.59. The van der Waals surface area contributed by atoms with E-state index in [1.165, 1.54) is 0 Å². The lowest BCUT2D eigenvalue weighted by Crippen LogP contribution is -2.57. The number of benzene rings is 1. The van der Waals surface area contributed by atoms with E-state index in [1.54, 1.807) is 22.4 Å². The fourth-order valence-corrected chi connectivity index (χ4v) is 3.29. The van der Waals surface area contributed by atoms with Gasteiger partial charge in [0.15, 0.2) is 0 Å². The Balaban J connectivity index is 1.75. The third kappa shape index (κ3) is 3.34. The lowest BCUT2D eigenvalue weighted by Gasteiger charge is -2.34. The van der Waals surface area contributed by atoms with Gasteiger partial charge in [0.2, 0.25) is 5.91 Å². The summed E-state index contributed by atoms with van der Waals surface area (Å²) in [4.78, 5) is 30.2. The van der Waals surface area contributed by atoms with Crippen molar-refractivity contribution in [1.29, 1.82) is 0 Å².